The average molecular weight is 233 g/mol. The molecule has 2 nitrogen and oxygen atoms in total. The Labute approximate surface area is 104 Å². The summed E-state index contributed by atoms with van der Waals surface area (Å²) in [6.45, 7) is 6.20. The van der Waals surface area contributed by atoms with Crippen LogP contribution in [0.3, 0.4) is 0 Å². The summed E-state index contributed by atoms with van der Waals surface area (Å²) in [5.41, 5.74) is 4.00. The molecule has 1 N–H and O–H groups in total. The first kappa shape index (κ1) is 12.6. The van der Waals surface area contributed by atoms with Gasteiger partial charge in [-0.1, -0.05) is 18.2 Å². The lowest BCUT2D eigenvalue weighted by Crippen LogP contribution is -2.36. The van der Waals surface area contributed by atoms with Gasteiger partial charge in [0.25, 0.3) is 0 Å². The van der Waals surface area contributed by atoms with Gasteiger partial charge in [0.15, 0.2) is 0 Å². The number of benzene rings is 1. The van der Waals surface area contributed by atoms with Gasteiger partial charge in [-0.3, -0.25) is 0 Å². The fourth-order valence-electron chi connectivity index (χ4n) is 2.37. The van der Waals surface area contributed by atoms with Crippen molar-refractivity contribution in [2.75, 3.05) is 13.6 Å². The largest absolute Gasteiger partial charge is 0.374 e. The van der Waals surface area contributed by atoms with Crippen molar-refractivity contribution < 1.29 is 4.74 Å². The van der Waals surface area contributed by atoms with Crippen molar-refractivity contribution in [3.8, 4) is 0 Å². The molecule has 0 saturated heterocycles. The van der Waals surface area contributed by atoms with Crippen LogP contribution in [0.25, 0.3) is 0 Å². The maximum absolute atomic E-state index is 5.91. The van der Waals surface area contributed by atoms with Crippen LogP contribution in [0.1, 0.15) is 29.5 Å². The zero-order valence-corrected chi connectivity index (χ0v) is 11.1. The smallest absolute Gasteiger partial charge is 0.0720 e. The monoisotopic (exact) mass is 233 g/mol. The number of hydrogen-bond acceptors (Lipinski definition) is 2. The van der Waals surface area contributed by atoms with Crippen LogP contribution in [0.15, 0.2) is 18.2 Å². The van der Waals surface area contributed by atoms with Gasteiger partial charge in [0, 0.05) is 0 Å². The van der Waals surface area contributed by atoms with Gasteiger partial charge in [-0.25, -0.2) is 0 Å². The molecule has 94 valence electrons. The normalized spacial score (nSPS) is 23.5. The third kappa shape index (κ3) is 3.30. The molecule has 0 unspecified atom stereocenters. The minimum absolute atomic E-state index is 0.481. The summed E-state index contributed by atoms with van der Waals surface area (Å²) >= 11 is 0. The lowest BCUT2D eigenvalue weighted by molar-refractivity contribution is -0.0391. The molecule has 0 aliphatic heterocycles. The Morgan fingerprint density at radius 1 is 1.24 bits per heavy atom. The van der Waals surface area contributed by atoms with Crippen LogP contribution >= 0.6 is 0 Å². The van der Waals surface area contributed by atoms with Gasteiger partial charge in [-0.2, -0.15) is 0 Å². The zero-order chi connectivity index (χ0) is 12.3. The van der Waals surface area contributed by atoms with Gasteiger partial charge in [0.1, 0.15) is 0 Å². The van der Waals surface area contributed by atoms with Gasteiger partial charge >= 0.3 is 0 Å². The highest BCUT2D eigenvalue weighted by molar-refractivity contribution is 5.29. The van der Waals surface area contributed by atoms with Crippen LogP contribution in [0.4, 0.5) is 0 Å². The van der Waals surface area contributed by atoms with Crippen molar-refractivity contribution in [2.24, 2.45) is 5.92 Å². The van der Waals surface area contributed by atoms with E-state index in [1.54, 1.807) is 0 Å². The first-order valence-corrected chi connectivity index (χ1v) is 6.51. The Hall–Kier alpha value is -0.860. The molecular weight excluding hydrogens is 210 g/mol. The molecule has 0 radical (unpaired) electrons. The van der Waals surface area contributed by atoms with Crippen LogP contribution < -0.4 is 5.32 Å². The van der Waals surface area contributed by atoms with Crippen LogP contribution in [0.5, 0.6) is 0 Å². The maximum Gasteiger partial charge on any atom is 0.0720 e. The van der Waals surface area contributed by atoms with Crippen LogP contribution in [-0.4, -0.2) is 19.7 Å². The van der Waals surface area contributed by atoms with Gasteiger partial charge in [-0.05, 0) is 62.9 Å². The molecule has 0 bridgehead atoms. The third-order valence-electron chi connectivity index (χ3n) is 3.74. The SMILES string of the molecule is CNCC1CC(OCc2ccc(C)c(C)c2)C1. The predicted octanol–water partition coefficient (Wildman–Crippen LogP) is 2.82. The molecule has 1 aliphatic rings. The topological polar surface area (TPSA) is 21.3 Å². The third-order valence-corrected chi connectivity index (χ3v) is 3.74. The van der Waals surface area contributed by atoms with Crippen molar-refractivity contribution in [2.45, 2.75) is 39.4 Å². The van der Waals surface area contributed by atoms with E-state index in [1.165, 1.54) is 29.5 Å². The molecule has 1 aromatic rings. The predicted molar refractivity (Wildman–Crippen MR) is 71.1 cm³/mol. The highest BCUT2D eigenvalue weighted by Crippen LogP contribution is 2.30. The van der Waals surface area contributed by atoms with Crippen LogP contribution in [0, 0.1) is 19.8 Å². The summed E-state index contributed by atoms with van der Waals surface area (Å²) in [6, 6.07) is 6.59. The van der Waals surface area contributed by atoms with E-state index in [0.29, 0.717) is 6.10 Å². The lowest BCUT2D eigenvalue weighted by Gasteiger charge is -2.35. The fourth-order valence-corrected chi connectivity index (χ4v) is 2.37. The van der Waals surface area contributed by atoms with Gasteiger partial charge in [0.2, 0.25) is 0 Å². The quantitative estimate of drug-likeness (QED) is 0.844. The summed E-state index contributed by atoms with van der Waals surface area (Å²) < 4.78 is 5.91. The molecule has 1 aromatic carbocycles. The first-order valence-electron chi connectivity index (χ1n) is 6.51. The first-order chi connectivity index (χ1) is 8.19. The average Bonchev–Trinajstić information content (AvgIpc) is 2.26. The molecule has 1 fully saturated rings. The molecule has 2 heteroatoms. The van der Waals surface area contributed by atoms with E-state index in [2.05, 4.69) is 37.4 Å². The van der Waals surface area contributed by atoms with E-state index in [0.717, 1.165) is 19.1 Å². The van der Waals surface area contributed by atoms with E-state index in [1.807, 2.05) is 7.05 Å². The summed E-state index contributed by atoms with van der Waals surface area (Å²) in [7, 11) is 2.02. The second kappa shape index (κ2) is 5.65. The number of rotatable bonds is 5. The van der Waals surface area contributed by atoms with E-state index in [9.17, 15) is 0 Å². The van der Waals surface area contributed by atoms with Crippen molar-refractivity contribution in [1.82, 2.24) is 5.32 Å². The molecule has 1 aliphatic carbocycles. The van der Waals surface area contributed by atoms with Crippen LogP contribution in [0.2, 0.25) is 0 Å². The minimum Gasteiger partial charge on any atom is -0.374 e. The molecule has 17 heavy (non-hydrogen) atoms. The van der Waals surface area contributed by atoms with Gasteiger partial charge < -0.3 is 10.1 Å². The highest BCUT2D eigenvalue weighted by Gasteiger charge is 2.28. The van der Waals surface area contributed by atoms with Gasteiger partial charge in [0.05, 0.1) is 12.7 Å². The Balaban J connectivity index is 1.74. The summed E-state index contributed by atoms with van der Waals surface area (Å²) in [6.07, 6.45) is 2.91. The van der Waals surface area contributed by atoms with Crippen LogP contribution in [-0.2, 0) is 11.3 Å². The Kier molecular flexibility index (Phi) is 4.19. The number of aryl methyl sites for hydroxylation is 2. The molecule has 0 atom stereocenters. The zero-order valence-electron chi connectivity index (χ0n) is 11.1. The Morgan fingerprint density at radius 2 is 2.00 bits per heavy atom. The molecule has 0 heterocycles. The Morgan fingerprint density at radius 3 is 2.65 bits per heavy atom. The van der Waals surface area contributed by atoms with E-state index >= 15 is 0 Å². The molecule has 0 aromatic heterocycles. The highest BCUT2D eigenvalue weighted by atomic mass is 16.5. The van der Waals surface area contributed by atoms with Crippen molar-refractivity contribution >= 4 is 0 Å². The van der Waals surface area contributed by atoms with E-state index in [-0.39, 0.29) is 0 Å². The number of hydrogen-bond donors (Lipinski definition) is 1. The minimum atomic E-state index is 0.481. The Bertz CT molecular complexity index is 369. The fraction of sp³-hybridized carbons (Fsp3) is 0.600. The van der Waals surface area contributed by atoms with Crippen molar-refractivity contribution in [1.29, 1.82) is 0 Å². The van der Waals surface area contributed by atoms with E-state index in [4.69, 9.17) is 4.74 Å². The van der Waals surface area contributed by atoms with Crippen molar-refractivity contribution in [3.63, 3.8) is 0 Å². The number of ether oxygens (including phenoxy) is 1. The molecule has 2 rings (SSSR count). The molecular formula is C15H23NO. The maximum atomic E-state index is 5.91. The van der Waals surface area contributed by atoms with Gasteiger partial charge in [-0.15, -0.1) is 0 Å². The molecule has 0 spiro atoms. The van der Waals surface area contributed by atoms with E-state index < -0.39 is 0 Å². The second-order valence-electron chi connectivity index (χ2n) is 5.25. The summed E-state index contributed by atoms with van der Waals surface area (Å²) in [4.78, 5) is 0. The molecule has 0 amide bonds. The molecule has 1 saturated carbocycles. The lowest BCUT2D eigenvalue weighted by atomic mass is 9.82. The summed E-state index contributed by atoms with van der Waals surface area (Å²) in [5, 5.41) is 3.22. The second-order valence-corrected chi connectivity index (χ2v) is 5.25. The summed E-state index contributed by atoms with van der Waals surface area (Å²) in [5.74, 6) is 0.824. The standard InChI is InChI=1S/C15H23NO/c1-11-4-5-13(6-12(11)2)10-17-15-7-14(8-15)9-16-3/h4-6,14-16H,7-10H2,1-3H3. The van der Waals surface area contributed by atoms with Crippen molar-refractivity contribution in [3.05, 3.63) is 34.9 Å². The number of nitrogens with one attached hydrogen (secondary N) is 1.